The van der Waals surface area contributed by atoms with Gasteiger partial charge in [-0.05, 0) is 44.2 Å². The maximum atomic E-state index is 12.5. The summed E-state index contributed by atoms with van der Waals surface area (Å²) < 4.78 is 0. The molecule has 0 spiro atoms. The number of likely N-dealkylation sites (tertiary alicyclic amines) is 1. The SMILES string of the molecule is CC(C)(CC(=S)N1CCc2ccccc2C1)NCC(=O)N1CCC[C@H]1C#N. The molecular weight excluding hydrogens is 356 g/mol. The minimum absolute atomic E-state index is 0.00458. The number of carbonyl (C=O) groups excluding carboxylic acids is 1. The summed E-state index contributed by atoms with van der Waals surface area (Å²) in [7, 11) is 0. The van der Waals surface area contributed by atoms with Gasteiger partial charge in [0.25, 0.3) is 0 Å². The lowest BCUT2D eigenvalue weighted by molar-refractivity contribution is -0.130. The van der Waals surface area contributed by atoms with Crippen LogP contribution in [0.4, 0.5) is 0 Å². The molecule has 0 aliphatic carbocycles. The quantitative estimate of drug-likeness (QED) is 0.791. The highest BCUT2D eigenvalue weighted by Gasteiger charge is 2.30. The summed E-state index contributed by atoms with van der Waals surface area (Å²) in [5, 5.41) is 12.5. The molecule has 0 radical (unpaired) electrons. The van der Waals surface area contributed by atoms with Crippen molar-refractivity contribution in [2.45, 2.75) is 57.7 Å². The van der Waals surface area contributed by atoms with E-state index in [1.54, 1.807) is 4.90 Å². The Morgan fingerprint density at radius 3 is 2.81 bits per heavy atom. The van der Waals surface area contributed by atoms with Gasteiger partial charge in [0.2, 0.25) is 5.91 Å². The van der Waals surface area contributed by atoms with Gasteiger partial charge in [-0.25, -0.2) is 0 Å². The normalized spacial score (nSPS) is 19.5. The largest absolute Gasteiger partial charge is 0.361 e. The first kappa shape index (κ1) is 19.8. The fourth-order valence-electron chi connectivity index (χ4n) is 3.88. The summed E-state index contributed by atoms with van der Waals surface area (Å²) in [5.74, 6) is 0.00458. The molecule has 1 atom stereocenters. The first-order valence-electron chi connectivity index (χ1n) is 9.68. The zero-order chi connectivity index (χ0) is 19.4. The average Bonchev–Trinajstić information content (AvgIpc) is 3.14. The number of nitriles is 1. The summed E-state index contributed by atoms with van der Waals surface area (Å²) in [6.45, 7) is 6.90. The summed E-state index contributed by atoms with van der Waals surface area (Å²) in [5.41, 5.74) is 2.49. The minimum Gasteiger partial charge on any atom is -0.361 e. The molecule has 6 heteroatoms. The predicted octanol–water partition coefficient (Wildman–Crippen LogP) is 2.64. The lowest BCUT2D eigenvalue weighted by atomic mass is 9.97. The molecule has 27 heavy (non-hydrogen) atoms. The highest BCUT2D eigenvalue weighted by atomic mass is 32.1. The maximum Gasteiger partial charge on any atom is 0.237 e. The molecule has 0 aromatic heterocycles. The van der Waals surface area contributed by atoms with E-state index in [4.69, 9.17) is 17.5 Å². The van der Waals surface area contributed by atoms with Gasteiger partial charge in [0.1, 0.15) is 6.04 Å². The summed E-state index contributed by atoms with van der Waals surface area (Å²) in [6.07, 6.45) is 3.42. The number of hydrogen-bond acceptors (Lipinski definition) is 4. The molecule has 3 rings (SSSR count). The maximum absolute atomic E-state index is 12.5. The highest BCUT2D eigenvalue weighted by molar-refractivity contribution is 7.80. The van der Waals surface area contributed by atoms with E-state index >= 15 is 0 Å². The number of fused-ring (bicyclic) bond motifs is 1. The molecule has 1 aromatic rings. The van der Waals surface area contributed by atoms with E-state index in [0.717, 1.165) is 37.3 Å². The number of hydrogen-bond donors (Lipinski definition) is 1. The summed E-state index contributed by atoms with van der Waals surface area (Å²) >= 11 is 5.72. The van der Waals surface area contributed by atoms with Crippen LogP contribution in [0.5, 0.6) is 0 Å². The van der Waals surface area contributed by atoms with Crippen LogP contribution in [0.3, 0.4) is 0 Å². The number of amides is 1. The Kier molecular flexibility index (Phi) is 6.13. The Balaban J connectivity index is 1.51. The van der Waals surface area contributed by atoms with Crippen molar-refractivity contribution >= 4 is 23.1 Å². The van der Waals surface area contributed by atoms with Crippen molar-refractivity contribution in [2.75, 3.05) is 19.6 Å². The third kappa shape index (κ3) is 4.85. The molecule has 5 nitrogen and oxygen atoms in total. The average molecular weight is 385 g/mol. The zero-order valence-corrected chi connectivity index (χ0v) is 17.0. The number of carbonyl (C=O) groups is 1. The molecule has 1 N–H and O–H groups in total. The van der Waals surface area contributed by atoms with Gasteiger partial charge in [0.15, 0.2) is 0 Å². The van der Waals surface area contributed by atoms with Gasteiger partial charge in [-0.2, -0.15) is 5.26 Å². The van der Waals surface area contributed by atoms with Crippen LogP contribution < -0.4 is 5.32 Å². The molecule has 1 amide bonds. The predicted molar refractivity (Wildman–Crippen MR) is 110 cm³/mol. The van der Waals surface area contributed by atoms with Crippen LogP contribution >= 0.6 is 12.2 Å². The van der Waals surface area contributed by atoms with Gasteiger partial charge in [-0.15, -0.1) is 0 Å². The number of nitrogens with zero attached hydrogens (tertiary/aromatic N) is 3. The molecular formula is C21H28N4OS. The monoisotopic (exact) mass is 384 g/mol. The Morgan fingerprint density at radius 1 is 1.33 bits per heavy atom. The van der Waals surface area contributed by atoms with Crippen LogP contribution in [0.15, 0.2) is 24.3 Å². The molecule has 0 bridgehead atoms. The van der Waals surface area contributed by atoms with E-state index in [1.165, 1.54) is 11.1 Å². The first-order chi connectivity index (χ1) is 12.9. The van der Waals surface area contributed by atoms with Gasteiger partial charge in [-0.3, -0.25) is 4.79 Å². The highest BCUT2D eigenvalue weighted by Crippen LogP contribution is 2.22. The number of rotatable bonds is 5. The van der Waals surface area contributed by atoms with Crippen LogP contribution in [0.25, 0.3) is 0 Å². The Bertz CT molecular complexity index is 755. The van der Waals surface area contributed by atoms with Crippen molar-refractivity contribution in [3.8, 4) is 6.07 Å². The third-order valence-electron chi connectivity index (χ3n) is 5.52. The zero-order valence-electron chi connectivity index (χ0n) is 16.2. The molecule has 0 saturated carbocycles. The molecule has 1 fully saturated rings. The minimum atomic E-state index is -0.272. The van der Waals surface area contributed by atoms with Crippen LogP contribution in [0.2, 0.25) is 0 Å². The molecule has 1 saturated heterocycles. The van der Waals surface area contributed by atoms with Gasteiger partial charge < -0.3 is 15.1 Å². The van der Waals surface area contributed by atoms with Crippen LogP contribution in [0.1, 0.15) is 44.2 Å². The fraction of sp³-hybridized carbons (Fsp3) is 0.571. The smallest absolute Gasteiger partial charge is 0.237 e. The van der Waals surface area contributed by atoms with Crippen molar-refractivity contribution < 1.29 is 4.79 Å². The third-order valence-corrected chi connectivity index (χ3v) is 5.92. The summed E-state index contributed by atoms with van der Waals surface area (Å²) in [6, 6.07) is 10.5. The first-order valence-corrected chi connectivity index (χ1v) is 10.1. The number of nitrogens with one attached hydrogen (secondary N) is 1. The van der Waals surface area contributed by atoms with Crippen molar-refractivity contribution in [1.29, 1.82) is 5.26 Å². The van der Waals surface area contributed by atoms with E-state index in [-0.39, 0.29) is 24.0 Å². The lowest BCUT2D eigenvalue weighted by Crippen LogP contribution is -2.50. The Labute approximate surface area is 167 Å². The molecule has 144 valence electrons. The Hall–Kier alpha value is -1.97. The van der Waals surface area contributed by atoms with E-state index in [2.05, 4.69) is 54.4 Å². The van der Waals surface area contributed by atoms with Crippen molar-refractivity contribution in [2.24, 2.45) is 0 Å². The van der Waals surface area contributed by atoms with E-state index in [1.807, 2.05) is 0 Å². The fourth-order valence-corrected chi connectivity index (χ4v) is 4.39. The van der Waals surface area contributed by atoms with Gasteiger partial charge in [0.05, 0.1) is 17.6 Å². The van der Waals surface area contributed by atoms with Crippen molar-refractivity contribution in [3.05, 3.63) is 35.4 Å². The van der Waals surface area contributed by atoms with E-state index in [9.17, 15) is 4.79 Å². The number of benzene rings is 1. The van der Waals surface area contributed by atoms with E-state index in [0.29, 0.717) is 13.0 Å². The van der Waals surface area contributed by atoms with Crippen molar-refractivity contribution in [3.63, 3.8) is 0 Å². The summed E-state index contributed by atoms with van der Waals surface area (Å²) in [4.78, 5) is 17.4. The second kappa shape index (κ2) is 8.37. The molecule has 2 aliphatic heterocycles. The molecule has 2 aliphatic rings. The van der Waals surface area contributed by atoms with Gasteiger partial charge >= 0.3 is 0 Å². The standard InChI is InChI=1S/C21H28N4OS/c1-21(2,23-14-19(26)25-10-5-8-18(25)13-22)12-20(27)24-11-9-16-6-3-4-7-17(16)15-24/h3-4,6-7,18,23H,5,8-12,14-15H2,1-2H3/t18-/m0/s1. The Morgan fingerprint density at radius 2 is 2.07 bits per heavy atom. The second-order valence-electron chi connectivity index (χ2n) is 8.12. The lowest BCUT2D eigenvalue weighted by Gasteiger charge is -2.35. The van der Waals surface area contributed by atoms with Crippen LogP contribution in [-0.2, 0) is 17.8 Å². The topological polar surface area (TPSA) is 59.4 Å². The van der Waals surface area contributed by atoms with Crippen LogP contribution in [-0.4, -0.2) is 51.9 Å². The molecule has 1 aromatic carbocycles. The number of thiocarbonyl (C=S) groups is 1. The second-order valence-corrected chi connectivity index (χ2v) is 8.59. The molecule has 0 unspecified atom stereocenters. The molecule has 2 heterocycles. The van der Waals surface area contributed by atoms with Gasteiger partial charge in [-0.1, -0.05) is 36.5 Å². The van der Waals surface area contributed by atoms with Crippen LogP contribution in [0, 0.1) is 11.3 Å². The van der Waals surface area contributed by atoms with Crippen molar-refractivity contribution in [1.82, 2.24) is 15.1 Å². The van der Waals surface area contributed by atoms with E-state index < -0.39 is 0 Å². The van der Waals surface area contributed by atoms with Gasteiger partial charge in [0, 0.05) is 31.6 Å².